The standard InChI is InChI=1S/C20H25NO6S/c1-2-26-28(24,25)27-20-11-7-18(8-12-20)4-3-17-5-9-19(10-6-17)21(13-15-22)14-16-23/h3-12,22-23H,2,13-16H2,1H3/b4-3+. The molecule has 0 bridgehead atoms. The molecule has 0 heterocycles. The van der Waals surface area contributed by atoms with E-state index in [9.17, 15) is 8.42 Å². The number of anilines is 1. The molecule has 0 atom stereocenters. The maximum atomic E-state index is 11.5. The molecule has 0 aliphatic carbocycles. The zero-order valence-electron chi connectivity index (χ0n) is 15.7. The molecule has 0 saturated carbocycles. The molecule has 0 aliphatic rings. The third-order valence-electron chi connectivity index (χ3n) is 3.81. The summed E-state index contributed by atoms with van der Waals surface area (Å²) in [5.41, 5.74) is 2.79. The normalized spacial score (nSPS) is 11.7. The van der Waals surface area contributed by atoms with Crippen molar-refractivity contribution >= 4 is 28.2 Å². The van der Waals surface area contributed by atoms with Gasteiger partial charge in [-0.15, -0.1) is 0 Å². The Balaban J connectivity index is 2.01. The van der Waals surface area contributed by atoms with E-state index < -0.39 is 10.4 Å². The average Bonchev–Trinajstić information content (AvgIpc) is 2.67. The molecule has 0 radical (unpaired) electrons. The Bertz CT molecular complexity index is 841. The molecular formula is C20H25NO6S. The topological polar surface area (TPSA) is 96.3 Å². The lowest BCUT2D eigenvalue weighted by Gasteiger charge is -2.22. The lowest BCUT2D eigenvalue weighted by Crippen LogP contribution is -2.29. The number of aliphatic hydroxyl groups excluding tert-OH is 2. The fourth-order valence-corrected chi connectivity index (χ4v) is 3.20. The van der Waals surface area contributed by atoms with Crippen LogP contribution in [0.2, 0.25) is 0 Å². The Morgan fingerprint density at radius 2 is 1.39 bits per heavy atom. The first kappa shape index (κ1) is 21.9. The van der Waals surface area contributed by atoms with Gasteiger partial charge in [0.2, 0.25) is 0 Å². The number of aliphatic hydroxyl groups is 2. The Morgan fingerprint density at radius 1 is 0.893 bits per heavy atom. The summed E-state index contributed by atoms with van der Waals surface area (Å²) in [6.07, 6.45) is 3.83. The molecule has 152 valence electrons. The first-order chi connectivity index (χ1) is 13.5. The summed E-state index contributed by atoms with van der Waals surface area (Å²) in [4.78, 5) is 1.91. The van der Waals surface area contributed by atoms with E-state index >= 15 is 0 Å². The summed E-state index contributed by atoms with van der Waals surface area (Å²) in [5.74, 6) is 0.183. The van der Waals surface area contributed by atoms with Crippen molar-refractivity contribution in [3.05, 3.63) is 59.7 Å². The highest BCUT2D eigenvalue weighted by molar-refractivity contribution is 7.82. The summed E-state index contributed by atoms with van der Waals surface area (Å²) in [5, 5.41) is 18.2. The molecule has 8 heteroatoms. The first-order valence-corrected chi connectivity index (χ1v) is 10.2. The number of benzene rings is 2. The van der Waals surface area contributed by atoms with Crippen molar-refractivity contribution in [3.63, 3.8) is 0 Å². The van der Waals surface area contributed by atoms with Gasteiger partial charge in [0.25, 0.3) is 0 Å². The molecule has 0 saturated heterocycles. The van der Waals surface area contributed by atoms with Crippen LogP contribution in [0.5, 0.6) is 5.75 Å². The fraction of sp³-hybridized carbons (Fsp3) is 0.300. The molecule has 2 N–H and O–H groups in total. The molecule has 0 amide bonds. The van der Waals surface area contributed by atoms with Crippen LogP contribution < -0.4 is 9.08 Å². The Hall–Kier alpha value is -2.39. The average molecular weight is 407 g/mol. The summed E-state index contributed by atoms with van der Waals surface area (Å²) in [6, 6.07) is 14.3. The molecule has 0 aliphatic heterocycles. The Labute approximate surface area is 165 Å². The van der Waals surface area contributed by atoms with Crippen LogP contribution in [0, 0.1) is 0 Å². The van der Waals surface area contributed by atoms with Gasteiger partial charge in [0.05, 0.1) is 19.8 Å². The van der Waals surface area contributed by atoms with Crippen LogP contribution in [0.4, 0.5) is 5.69 Å². The second-order valence-corrected chi connectivity index (χ2v) is 7.05. The molecular weight excluding hydrogens is 382 g/mol. The van der Waals surface area contributed by atoms with Crippen molar-refractivity contribution in [1.82, 2.24) is 0 Å². The van der Waals surface area contributed by atoms with Crippen molar-refractivity contribution in [3.8, 4) is 5.75 Å². The van der Waals surface area contributed by atoms with Gasteiger partial charge in [-0.2, -0.15) is 8.42 Å². The summed E-state index contributed by atoms with van der Waals surface area (Å²) < 4.78 is 32.3. The number of nitrogens with zero attached hydrogens (tertiary/aromatic N) is 1. The molecule has 2 rings (SSSR count). The third-order valence-corrected chi connectivity index (χ3v) is 4.73. The van der Waals surface area contributed by atoms with E-state index in [0.29, 0.717) is 13.1 Å². The molecule has 0 fully saturated rings. The van der Waals surface area contributed by atoms with Crippen LogP contribution in [-0.2, 0) is 14.6 Å². The van der Waals surface area contributed by atoms with Gasteiger partial charge >= 0.3 is 10.4 Å². The third kappa shape index (κ3) is 6.97. The van der Waals surface area contributed by atoms with Crippen molar-refractivity contribution in [1.29, 1.82) is 0 Å². The number of hydrogen-bond acceptors (Lipinski definition) is 7. The number of hydrogen-bond donors (Lipinski definition) is 2. The number of rotatable bonds is 11. The highest BCUT2D eigenvalue weighted by Crippen LogP contribution is 2.19. The van der Waals surface area contributed by atoms with E-state index in [1.165, 1.54) is 0 Å². The molecule has 0 aromatic heterocycles. The molecule has 0 unspecified atom stereocenters. The van der Waals surface area contributed by atoms with Crippen molar-refractivity contribution in [2.75, 3.05) is 37.8 Å². The van der Waals surface area contributed by atoms with E-state index in [1.807, 2.05) is 41.3 Å². The largest absolute Gasteiger partial charge is 0.449 e. The first-order valence-electron chi connectivity index (χ1n) is 8.91. The van der Waals surface area contributed by atoms with Gasteiger partial charge in [-0.3, -0.25) is 0 Å². The zero-order chi connectivity index (χ0) is 20.4. The maximum Gasteiger partial charge on any atom is 0.449 e. The van der Waals surface area contributed by atoms with Gasteiger partial charge in [0.1, 0.15) is 5.75 Å². The van der Waals surface area contributed by atoms with Gasteiger partial charge in [0.15, 0.2) is 0 Å². The molecule has 7 nitrogen and oxygen atoms in total. The van der Waals surface area contributed by atoms with Gasteiger partial charge in [-0.1, -0.05) is 36.4 Å². The van der Waals surface area contributed by atoms with E-state index in [2.05, 4.69) is 4.18 Å². The van der Waals surface area contributed by atoms with Crippen LogP contribution in [0.1, 0.15) is 18.1 Å². The van der Waals surface area contributed by atoms with Crippen LogP contribution in [0.15, 0.2) is 48.5 Å². The Morgan fingerprint density at radius 3 is 1.86 bits per heavy atom. The Kier molecular flexibility index (Phi) is 8.46. The summed E-state index contributed by atoms with van der Waals surface area (Å²) in [6.45, 7) is 2.55. The molecule has 0 spiro atoms. The van der Waals surface area contributed by atoms with Crippen LogP contribution in [0.25, 0.3) is 12.2 Å². The van der Waals surface area contributed by atoms with Crippen molar-refractivity contribution in [2.45, 2.75) is 6.92 Å². The highest BCUT2D eigenvalue weighted by atomic mass is 32.3. The van der Waals surface area contributed by atoms with Gasteiger partial charge < -0.3 is 19.3 Å². The lowest BCUT2D eigenvalue weighted by molar-refractivity contribution is 0.281. The van der Waals surface area contributed by atoms with Gasteiger partial charge in [-0.25, -0.2) is 4.18 Å². The summed E-state index contributed by atoms with van der Waals surface area (Å²) >= 11 is 0. The monoisotopic (exact) mass is 407 g/mol. The van der Waals surface area contributed by atoms with E-state index in [0.717, 1.165) is 16.8 Å². The predicted octanol–water partition coefficient (Wildman–Crippen LogP) is 2.31. The van der Waals surface area contributed by atoms with E-state index in [-0.39, 0.29) is 25.6 Å². The maximum absolute atomic E-state index is 11.5. The fourth-order valence-electron chi connectivity index (χ4n) is 2.52. The van der Waals surface area contributed by atoms with Crippen molar-refractivity contribution < 1.29 is 27.0 Å². The highest BCUT2D eigenvalue weighted by Gasteiger charge is 2.12. The zero-order valence-corrected chi connectivity index (χ0v) is 16.5. The smallest absolute Gasteiger partial charge is 0.395 e. The quantitative estimate of drug-likeness (QED) is 0.552. The molecule has 2 aromatic rings. The van der Waals surface area contributed by atoms with Crippen LogP contribution in [-0.4, -0.2) is 51.5 Å². The van der Waals surface area contributed by atoms with Gasteiger partial charge in [0, 0.05) is 18.8 Å². The van der Waals surface area contributed by atoms with E-state index in [4.69, 9.17) is 14.4 Å². The van der Waals surface area contributed by atoms with Crippen molar-refractivity contribution in [2.24, 2.45) is 0 Å². The minimum atomic E-state index is -4.03. The lowest BCUT2D eigenvalue weighted by atomic mass is 10.1. The SMILES string of the molecule is CCOS(=O)(=O)Oc1ccc(/C=C/c2ccc(N(CCO)CCO)cc2)cc1. The predicted molar refractivity (Wildman–Crippen MR) is 109 cm³/mol. The van der Waals surface area contributed by atoms with Crippen LogP contribution >= 0.6 is 0 Å². The van der Waals surface area contributed by atoms with Gasteiger partial charge in [-0.05, 0) is 42.3 Å². The summed E-state index contributed by atoms with van der Waals surface area (Å²) in [7, 11) is -4.03. The second-order valence-electron chi connectivity index (χ2n) is 5.83. The molecule has 2 aromatic carbocycles. The van der Waals surface area contributed by atoms with Crippen LogP contribution in [0.3, 0.4) is 0 Å². The second kappa shape index (κ2) is 10.8. The van der Waals surface area contributed by atoms with E-state index in [1.54, 1.807) is 31.2 Å². The minimum absolute atomic E-state index is 0.0136. The minimum Gasteiger partial charge on any atom is -0.395 e. The molecule has 28 heavy (non-hydrogen) atoms.